The van der Waals surface area contributed by atoms with E-state index >= 15 is 0 Å². The number of amides is 2. The van der Waals surface area contributed by atoms with E-state index in [2.05, 4.69) is 34.2 Å². The second-order valence-electron chi connectivity index (χ2n) is 11.9. The number of aromatic nitrogens is 2. The molecule has 0 radical (unpaired) electrons. The molecule has 10 nitrogen and oxygen atoms in total. The fraction of sp³-hybridized carbons (Fsp3) is 0.438. The second kappa shape index (κ2) is 13.9. The number of carbonyl (C=O) groups excluding carboxylic acids is 2. The number of benzene rings is 1. The van der Waals surface area contributed by atoms with Crippen molar-refractivity contribution in [3.05, 3.63) is 69.6 Å². The largest absolute Gasteiger partial charge is 0.475 e. The summed E-state index contributed by atoms with van der Waals surface area (Å²) < 4.78 is 64.7. The number of ether oxygens (including phenoxy) is 2. The third kappa shape index (κ3) is 8.42. The monoisotopic (exact) mass is 647 g/mol. The second-order valence-corrected chi connectivity index (χ2v) is 11.9. The molecule has 46 heavy (non-hydrogen) atoms. The number of likely N-dealkylation sites (tertiary alicyclic amines) is 1. The summed E-state index contributed by atoms with van der Waals surface area (Å²) in [7, 11) is 1.54. The first-order chi connectivity index (χ1) is 21.5. The van der Waals surface area contributed by atoms with Gasteiger partial charge < -0.3 is 29.6 Å². The Labute approximate surface area is 263 Å². The van der Waals surface area contributed by atoms with E-state index in [1.165, 1.54) is 41.9 Å². The first-order valence-electron chi connectivity index (χ1n) is 14.7. The maximum atomic E-state index is 13.6. The van der Waals surface area contributed by atoms with Crippen molar-refractivity contribution in [1.82, 2.24) is 19.8 Å². The lowest BCUT2D eigenvalue weighted by molar-refractivity contribution is -0.113. The van der Waals surface area contributed by atoms with E-state index in [4.69, 9.17) is 4.74 Å². The normalized spacial score (nSPS) is 14.8. The molecule has 0 unspecified atom stereocenters. The van der Waals surface area contributed by atoms with Crippen LogP contribution in [0.5, 0.6) is 11.6 Å². The predicted molar refractivity (Wildman–Crippen MR) is 164 cm³/mol. The van der Waals surface area contributed by atoms with Crippen LogP contribution in [-0.4, -0.2) is 64.0 Å². The number of hydrogen-bond acceptors (Lipinski definition) is 7. The van der Waals surface area contributed by atoms with E-state index in [-0.39, 0.29) is 51.8 Å². The van der Waals surface area contributed by atoms with Crippen molar-refractivity contribution in [3.63, 3.8) is 0 Å². The summed E-state index contributed by atoms with van der Waals surface area (Å²) in [5.74, 6) is -4.61. The van der Waals surface area contributed by atoms with Crippen LogP contribution in [0.15, 0.2) is 47.4 Å². The molecule has 0 bridgehead atoms. The van der Waals surface area contributed by atoms with Crippen molar-refractivity contribution in [2.45, 2.75) is 65.8 Å². The van der Waals surface area contributed by atoms with E-state index in [1.54, 1.807) is 20.0 Å². The Kier molecular flexibility index (Phi) is 10.4. The van der Waals surface area contributed by atoms with Crippen LogP contribution in [0.4, 0.5) is 23.4 Å². The number of nitrogens with zero attached hydrogens (tertiary/aromatic N) is 3. The summed E-state index contributed by atoms with van der Waals surface area (Å²) in [5.41, 5.74) is 0.265. The smallest absolute Gasteiger partial charge is 0.387 e. The Morgan fingerprint density at radius 1 is 1.00 bits per heavy atom. The van der Waals surface area contributed by atoms with Gasteiger partial charge in [-0.3, -0.25) is 14.4 Å². The first-order valence-corrected chi connectivity index (χ1v) is 14.7. The number of hydrogen-bond donors (Lipinski definition) is 2. The van der Waals surface area contributed by atoms with Gasteiger partial charge in [0.25, 0.3) is 23.3 Å². The average molecular weight is 648 g/mol. The Hall–Kier alpha value is -4.46. The van der Waals surface area contributed by atoms with Gasteiger partial charge in [-0.2, -0.15) is 13.8 Å². The molecular formula is C32H37F4N5O5. The highest BCUT2D eigenvalue weighted by atomic mass is 19.3. The van der Waals surface area contributed by atoms with Gasteiger partial charge in [0.2, 0.25) is 5.88 Å². The van der Waals surface area contributed by atoms with Gasteiger partial charge in [0.05, 0.1) is 24.8 Å². The van der Waals surface area contributed by atoms with Crippen molar-refractivity contribution in [2.75, 3.05) is 18.4 Å². The molecule has 3 aromatic rings. The SMILES string of the molecule is CC(C)Oc1cc(-c2ccc(OC(F)F)cc2C(=O)N2CC(F)(F)C2)cc(NC(=O)c2cc(CN[C@@H](C)C(C)C)cn(C)c2=O)n1. The van der Waals surface area contributed by atoms with Crippen LogP contribution < -0.4 is 25.7 Å². The highest BCUT2D eigenvalue weighted by molar-refractivity contribution is 6.05. The van der Waals surface area contributed by atoms with Gasteiger partial charge >= 0.3 is 6.61 Å². The van der Waals surface area contributed by atoms with Crippen molar-refractivity contribution in [2.24, 2.45) is 13.0 Å². The highest BCUT2D eigenvalue weighted by Gasteiger charge is 2.46. The summed E-state index contributed by atoms with van der Waals surface area (Å²) in [6.45, 7) is 5.24. The number of carbonyl (C=O) groups is 2. The van der Waals surface area contributed by atoms with Crippen LogP contribution in [0.3, 0.4) is 0 Å². The Morgan fingerprint density at radius 2 is 1.70 bits per heavy atom. The van der Waals surface area contributed by atoms with Gasteiger partial charge in [-0.1, -0.05) is 13.8 Å². The molecule has 3 heterocycles. The number of halogens is 4. The number of pyridine rings is 2. The Morgan fingerprint density at radius 3 is 2.30 bits per heavy atom. The van der Waals surface area contributed by atoms with Gasteiger partial charge in [0.1, 0.15) is 17.1 Å². The summed E-state index contributed by atoms with van der Waals surface area (Å²) in [6.07, 6.45) is 1.28. The fourth-order valence-electron chi connectivity index (χ4n) is 4.72. The third-order valence-electron chi connectivity index (χ3n) is 7.40. The molecule has 1 aliphatic heterocycles. The Balaban J connectivity index is 1.72. The topological polar surface area (TPSA) is 115 Å². The van der Waals surface area contributed by atoms with Crippen LogP contribution in [0, 0.1) is 5.92 Å². The van der Waals surface area contributed by atoms with Crippen molar-refractivity contribution >= 4 is 17.6 Å². The van der Waals surface area contributed by atoms with Crippen molar-refractivity contribution in [1.29, 1.82) is 0 Å². The molecule has 1 atom stereocenters. The number of anilines is 1. The standard InChI is InChI=1S/C32H37F4N5O5/c1-17(2)19(5)37-13-20-9-25(29(43)40(6)14-20)28(42)39-26-10-21(11-27(38-26)45-18(3)4)23-8-7-22(46-31(33)34)12-24(23)30(44)41-15-32(35,36)16-41/h7-12,14,17-19,31,37H,13,15-16H2,1-6H3,(H,38,39,42)/t19-/m0/s1. The molecule has 1 fully saturated rings. The molecule has 1 aliphatic rings. The maximum Gasteiger partial charge on any atom is 0.387 e. The van der Waals surface area contributed by atoms with Gasteiger partial charge in [0.15, 0.2) is 0 Å². The summed E-state index contributed by atoms with van der Waals surface area (Å²) >= 11 is 0. The molecule has 1 aromatic carbocycles. The minimum Gasteiger partial charge on any atom is -0.475 e. The fourth-order valence-corrected chi connectivity index (χ4v) is 4.72. The Bertz CT molecular complexity index is 1650. The van der Waals surface area contributed by atoms with Gasteiger partial charge in [-0.15, -0.1) is 0 Å². The van der Waals surface area contributed by atoms with E-state index < -0.39 is 43.0 Å². The van der Waals surface area contributed by atoms with Gasteiger partial charge in [-0.25, -0.2) is 8.78 Å². The molecule has 248 valence electrons. The summed E-state index contributed by atoms with van der Waals surface area (Å²) in [5, 5.41) is 5.98. The maximum absolute atomic E-state index is 13.6. The average Bonchev–Trinajstić information content (AvgIpc) is 2.94. The minimum absolute atomic E-state index is 0.0399. The highest BCUT2D eigenvalue weighted by Crippen LogP contribution is 2.35. The van der Waals surface area contributed by atoms with Gasteiger partial charge in [0, 0.05) is 31.9 Å². The lowest BCUT2D eigenvalue weighted by Crippen LogP contribution is -2.58. The van der Waals surface area contributed by atoms with E-state index in [0.29, 0.717) is 18.0 Å². The van der Waals surface area contributed by atoms with E-state index in [9.17, 15) is 31.9 Å². The minimum atomic E-state index is -3.18. The number of aryl methyl sites for hydroxylation is 1. The third-order valence-corrected chi connectivity index (χ3v) is 7.40. The molecule has 2 aromatic heterocycles. The zero-order valence-corrected chi connectivity index (χ0v) is 26.4. The number of rotatable bonds is 12. The van der Waals surface area contributed by atoms with Crippen LogP contribution in [0.25, 0.3) is 11.1 Å². The van der Waals surface area contributed by atoms with Crippen molar-refractivity contribution in [3.8, 4) is 22.8 Å². The quantitative estimate of drug-likeness (QED) is 0.256. The number of nitrogens with one attached hydrogen (secondary N) is 2. The molecular weight excluding hydrogens is 610 g/mol. The summed E-state index contributed by atoms with van der Waals surface area (Å²) in [4.78, 5) is 44.9. The predicted octanol–water partition coefficient (Wildman–Crippen LogP) is 5.31. The lowest BCUT2D eigenvalue weighted by Gasteiger charge is -2.39. The molecule has 0 saturated carbocycles. The van der Waals surface area contributed by atoms with Crippen LogP contribution in [-0.2, 0) is 13.6 Å². The summed E-state index contributed by atoms with van der Waals surface area (Å²) in [6, 6.07) is 8.12. The number of alkyl halides is 4. The molecule has 1 saturated heterocycles. The molecule has 4 rings (SSSR count). The lowest BCUT2D eigenvalue weighted by atomic mass is 9.97. The van der Waals surface area contributed by atoms with Gasteiger partial charge in [-0.05, 0) is 73.7 Å². The molecule has 2 N–H and O–H groups in total. The van der Waals surface area contributed by atoms with E-state index in [0.717, 1.165) is 11.0 Å². The molecule has 14 heteroatoms. The van der Waals surface area contributed by atoms with Crippen molar-refractivity contribution < 1.29 is 36.6 Å². The van der Waals surface area contributed by atoms with Crippen LogP contribution in [0.1, 0.15) is 60.9 Å². The molecule has 2 amide bonds. The molecule has 0 aliphatic carbocycles. The zero-order chi connectivity index (χ0) is 33.9. The molecule has 0 spiro atoms. The zero-order valence-electron chi connectivity index (χ0n) is 26.4. The first kappa shape index (κ1) is 34.4. The van der Waals surface area contributed by atoms with Crippen LogP contribution in [0.2, 0.25) is 0 Å². The van der Waals surface area contributed by atoms with Crippen LogP contribution >= 0.6 is 0 Å². The van der Waals surface area contributed by atoms with E-state index in [1.807, 2.05) is 6.92 Å².